The van der Waals surface area contributed by atoms with Crippen LogP contribution in [0.3, 0.4) is 0 Å². The van der Waals surface area contributed by atoms with Gasteiger partial charge in [0.25, 0.3) is 0 Å². The maximum Gasteiger partial charge on any atom is 0.239 e. The molecule has 2 aliphatic heterocycles. The summed E-state index contributed by atoms with van der Waals surface area (Å²) in [5.74, 6) is -0.536. The molecular formula is C19H27N3O2. The first kappa shape index (κ1) is 17.0. The average molecular weight is 329 g/mol. The molecule has 0 saturated carbocycles. The quantitative estimate of drug-likeness (QED) is 0.858. The van der Waals surface area contributed by atoms with Crippen molar-refractivity contribution < 1.29 is 9.59 Å². The molecule has 1 aromatic rings. The van der Waals surface area contributed by atoms with Crippen LogP contribution in [0.2, 0.25) is 0 Å². The number of likely N-dealkylation sites (N-methyl/N-ethyl adjacent to an activating group) is 1. The summed E-state index contributed by atoms with van der Waals surface area (Å²) in [5, 5.41) is 3.15. The fourth-order valence-corrected chi connectivity index (χ4v) is 3.83. The predicted octanol–water partition coefficient (Wildman–Crippen LogP) is 1.87. The topological polar surface area (TPSA) is 52.7 Å². The largest absolute Gasteiger partial charge is 0.338 e. The highest BCUT2D eigenvalue weighted by atomic mass is 16.2. The zero-order chi connectivity index (χ0) is 17.3. The lowest BCUT2D eigenvalue weighted by Gasteiger charge is -2.27. The van der Waals surface area contributed by atoms with Gasteiger partial charge in [-0.3, -0.25) is 9.59 Å². The monoisotopic (exact) mass is 329 g/mol. The van der Waals surface area contributed by atoms with E-state index in [0.29, 0.717) is 13.0 Å². The lowest BCUT2D eigenvalue weighted by molar-refractivity contribution is -0.140. The minimum absolute atomic E-state index is 0.0177. The Labute approximate surface area is 144 Å². The van der Waals surface area contributed by atoms with Crippen LogP contribution in [-0.2, 0) is 9.59 Å². The third kappa shape index (κ3) is 3.05. The smallest absolute Gasteiger partial charge is 0.239 e. The Bertz CT molecular complexity index is 643. The fraction of sp³-hybridized carbons (Fsp3) is 0.579. The fourth-order valence-electron chi connectivity index (χ4n) is 3.83. The molecule has 2 heterocycles. The van der Waals surface area contributed by atoms with Crippen LogP contribution < -0.4 is 10.2 Å². The third-order valence-electron chi connectivity index (χ3n) is 5.41. The van der Waals surface area contributed by atoms with Crippen LogP contribution >= 0.6 is 0 Å². The van der Waals surface area contributed by atoms with Crippen molar-refractivity contribution in [1.29, 1.82) is 0 Å². The summed E-state index contributed by atoms with van der Waals surface area (Å²) in [7, 11) is 1.91. The summed E-state index contributed by atoms with van der Waals surface area (Å²) in [6, 6.07) is 6.29. The molecule has 2 fully saturated rings. The Morgan fingerprint density at radius 2 is 2.00 bits per heavy atom. The Kier molecular flexibility index (Phi) is 4.90. The van der Waals surface area contributed by atoms with E-state index < -0.39 is 5.92 Å². The second-order valence-corrected chi connectivity index (χ2v) is 6.99. The number of hydrogen-bond donors (Lipinski definition) is 1. The molecule has 2 amide bonds. The molecule has 1 N–H and O–H groups in total. The molecule has 0 aromatic heterocycles. The van der Waals surface area contributed by atoms with E-state index in [1.807, 2.05) is 30.1 Å². The number of rotatable bonds is 4. The minimum atomic E-state index is -0.510. The molecule has 0 unspecified atom stereocenters. The molecule has 1 aromatic carbocycles. The molecule has 5 heteroatoms. The van der Waals surface area contributed by atoms with Gasteiger partial charge >= 0.3 is 0 Å². The number of anilines is 1. The van der Waals surface area contributed by atoms with E-state index in [4.69, 9.17) is 0 Å². The zero-order valence-electron chi connectivity index (χ0n) is 14.8. The van der Waals surface area contributed by atoms with E-state index in [0.717, 1.165) is 31.6 Å². The second kappa shape index (κ2) is 6.93. The Balaban J connectivity index is 1.73. The lowest BCUT2D eigenvalue weighted by atomic mass is 10.1. The first-order chi connectivity index (χ1) is 11.5. The number of amides is 2. The van der Waals surface area contributed by atoms with Gasteiger partial charge in [-0.05, 0) is 63.4 Å². The molecule has 24 heavy (non-hydrogen) atoms. The van der Waals surface area contributed by atoms with Crippen molar-refractivity contribution in [3.05, 3.63) is 29.3 Å². The number of hydrogen-bond acceptors (Lipinski definition) is 3. The van der Waals surface area contributed by atoms with Gasteiger partial charge in [-0.25, -0.2) is 0 Å². The van der Waals surface area contributed by atoms with Crippen molar-refractivity contribution in [2.24, 2.45) is 5.92 Å². The number of aryl methyl sites for hydroxylation is 2. The van der Waals surface area contributed by atoms with Gasteiger partial charge in [0.05, 0.1) is 0 Å². The first-order valence-electron chi connectivity index (χ1n) is 8.86. The lowest BCUT2D eigenvalue weighted by Crippen LogP contribution is -2.45. The molecule has 0 aliphatic carbocycles. The van der Waals surface area contributed by atoms with Gasteiger partial charge < -0.3 is 15.1 Å². The maximum absolute atomic E-state index is 12.9. The van der Waals surface area contributed by atoms with Gasteiger partial charge in [0.1, 0.15) is 5.92 Å². The third-order valence-corrected chi connectivity index (χ3v) is 5.41. The second-order valence-electron chi connectivity index (χ2n) is 6.99. The van der Waals surface area contributed by atoms with Crippen LogP contribution in [0.5, 0.6) is 0 Å². The van der Waals surface area contributed by atoms with Gasteiger partial charge in [-0.1, -0.05) is 6.07 Å². The van der Waals surface area contributed by atoms with Crippen molar-refractivity contribution in [1.82, 2.24) is 10.2 Å². The summed E-state index contributed by atoms with van der Waals surface area (Å²) in [6.07, 6.45) is 2.67. The molecule has 130 valence electrons. The Morgan fingerprint density at radius 1 is 1.21 bits per heavy atom. The van der Waals surface area contributed by atoms with E-state index in [1.54, 1.807) is 4.90 Å². The van der Waals surface area contributed by atoms with Crippen molar-refractivity contribution in [3.63, 3.8) is 0 Å². The maximum atomic E-state index is 12.9. The van der Waals surface area contributed by atoms with Gasteiger partial charge in [-0.2, -0.15) is 0 Å². The van der Waals surface area contributed by atoms with Crippen LogP contribution in [0.4, 0.5) is 5.69 Å². The van der Waals surface area contributed by atoms with Crippen LogP contribution in [0, 0.1) is 19.8 Å². The average Bonchev–Trinajstić information content (AvgIpc) is 3.17. The number of carbonyl (C=O) groups is 2. The molecule has 3 rings (SSSR count). The molecule has 2 saturated heterocycles. The van der Waals surface area contributed by atoms with E-state index in [-0.39, 0.29) is 17.9 Å². The summed E-state index contributed by atoms with van der Waals surface area (Å²) in [6.45, 7) is 6.31. The van der Waals surface area contributed by atoms with Crippen molar-refractivity contribution in [2.45, 2.75) is 39.2 Å². The van der Waals surface area contributed by atoms with Crippen molar-refractivity contribution >= 4 is 17.5 Å². The van der Waals surface area contributed by atoms with Crippen LogP contribution in [0.25, 0.3) is 0 Å². The summed E-state index contributed by atoms with van der Waals surface area (Å²) in [5.41, 5.74) is 3.29. The Morgan fingerprint density at radius 3 is 2.71 bits per heavy atom. The number of nitrogens with one attached hydrogen (secondary N) is 1. The van der Waals surface area contributed by atoms with Crippen molar-refractivity contribution in [2.75, 3.05) is 31.6 Å². The zero-order valence-corrected chi connectivity index (χ0v) is 14.8. The highest BCUT2D eigenvalue weighted by molar-refractivity contribution is 6.09. The predicted molar refractivity (Wildman–Crippen MR) is 95.0 cm³/mol. The van der Waals surface area contributed by atoms with Gasteiger partial charge in [0.15, 0.2) is 0 Å². The van der Waals surface area contributed by atoms with Gasteiger partial charge in [0.2, 0.25) is 11.8 Å². The number of nitrogens with zero attached hydrogens (tertiary/aromatic N) is 2. The number of likely N-dealkylation sites (tertiary alicyclic amines) is 1. The standard InChI is InChI=1S/C19H27N3O2/c1-13-6-7-15(11-14(13)2)22-10-8-17(19(22)24)18(23)21-9-4-5-16(21)12-20-3/h6-7,11,16-17,20H,4-5,8-10,12H2,1-3H3/t16-,17+/m0/s1. The normalized spacial score (nSPS) is 24.0. The van der Waals surface area contributed by atoms with Gasteiger partial charge in [0, 0.05) is 31.4 Å². The molecule has 0 bridgehead atoms. The molecule has 2 atom stereocenters. The summed E-state index contributed by atoms with van der Waals surface area (Å²) < 4.78 is 0. The van der Waals surface area contributed by atoms with Gasteiger partial charge in [-0.15, -0.1) is 0 Å². The molecule has 2 aliphatic rings. The number of carbonyl (C=O) groups excluding carboxylic acids is 2. The molecule has 5 nitrogen and oxygen atoms in total. The van der Waals surface area contributed by atoms with Crippen LogP contribution in [0.1, 0.15) is 30.4 Å². The molecule has 0 spiro atoms. The molecule has 0 radical (unpaired) electrons. The number of benzene rings is 1. The van der Waals surface area contributed by atoms with Crippen LogP contribution in [0.15, 0.2) is 18.2 Å². The first-order valence-corrected chi connectivity index (χ1v) is 8.86. The summed E-state index contributed by atoms with van der Waals surface area (Å²) >= 11 is 0. The van der Waals surface area contributed by atoms with Crippen molar-refractivity contribution in [3.8, 4) is 0 Å². The Hall–Kier alpha value is -1.88. The van der Waals surface area contributed by atoms with E-state index in [9.17, 15) is 9.59 Å². The minimum Gasteiger partial charge on any atom is -0.338 e. The highest BCUT2D eigenvalue weighted by Crippen LogP contribution is 2.30. The SMILES string of the molecule is CNC[C@@H]1CCCN1C(=O)[C@H]1CCN(c2ccc(C)c(C)c2)C1=O. The summed E-state index contributed by atoms with van der Waals surface area (Å²) in [4.78, 5) is 29.4. The van der Waals surface area contributed by atoms with Crippen LogP contribution in [-0.4, -0.2) is 49.4 Å². The van der Waals surface area contributed by atoms with E-state index >= 15 is 0 Å². The van der Waals surface area contributed by atoms with E-state index in [1.165, 1.54) is 11.1 Å². The highest BCUT2D eigenvalue weighted by Gasteiger charge is 2.42. The van der Waals surface area contributed by atoms with E-state index in [2.05, 4.69) is 19.2 Å². The molecular weight excluding hydrogens is 302 g/mol.